The minimum Gasteiger partial charge on any atom is -0.413 e. The Balaban J connectivity index is 2.92. The number of aryl methyl sites for hydroxylation is 2. The molecule has 0 fully saturated rings. The van der Waals surface area contributed by atoms with Gasteiger partial charge in [0.2, 0.25) is 0 Å². The molecule has 2 N–H and O–H groups in total. The molecule has 0 atom stereocenters. The highest BCUT2D eigenvalue weighted by molar-refractivity contribution is 7.84. The maximum Gasteiger partial charge on any atom is 0.410 e. The van der Waals surface area contributed by atoms with Gasteiger partial charge < -0.3 is 8.60 Å². The Hall–Kier alpha value is -1.08. The van der Waals surface area contributed by atoms with Crippen molar-refractivity contribution < 1.29 is 17.0 Å². The molecule has 0 saturated heterocycles. The molecule has 1 rings (SSSR count). The molecule has 7 heteroatoms. The third-order valence-electron chi connectivity index (χ3n) is 1.20. The summed E-state index contributed by atoms with van der Waals surface area (Å²) in [6, 6.07) is 0. The Bertz CT molecular complexity index is 361. The van der Waals surface area contributed by atoms with E-state index in [4.69, 9.17) is 4.42 Å². The normalized spacial score (nSPS) is 11.6. The van der Waals surface area contributed by atoms with Crippen molar-refractivity contribution in [1.29, 1.82) is 0 Å². The summed E-state index contributed by atoms with van der Waals surface area (Å²) in [5, 5.41) is 4.58. The average Bonchev–Trinajstić information content (AvgIpc) is 2.07. The van der Waals surface area contributed by atoms with Crippen LogP contribution in [-0.2, 0) is 10.3 Å². The molecule has 1 aromatic rings. The first kappa shape index (κ1) is 9.01. The van der Waals surface area contributed by atoms with Gasteiger partial charge in [0.15, 0.2) is 0 Å². The summed E-state index contributed by atoms with van der Waals surface area (Å²) >= 11 is 0. The van der Waals surface area contributed by atoms with E-state index in [-0.39, 0.29) is 6.08 Å². The van der Waals surface area contributed by atoms with E-state index in [1.165, 1.54) is 0 Å². The van der Waals surface area contributed by atoms with E-state index < -0.39 is 10.3 Å². The van der Waals surface area contributed by atoms with Crippen molar-refractivity contribution in [2.24, 2.45) is 5.14 Å². The number of aromatic nitrogens is 1. The largest absolute Gasteiger partial charge is 0.413 e. The Morgan fingerprint density at radius 1 is 1.50 bits per heavy atom. The van der Waals surface area contributed by atoms with Gasteiger partial charge in [0.1, 0.15) is 5.76 Å². The molecule has 0 amide bonds. The maximum absolute atomic E-state index is 10.4. The molecule has 68 valence electrons. The lowest BCUT2D eigenvalue weighted by molar-refractivity contribution is 0.360. The highest BCUT2D eigenvalue weighted by Crippen LogP contribution is 2.15. The molecule has 0 bridgehead atoms. The first-order valence-corrected chi connectivity index (χ1v) is 4.52. The highest BCUT2D eigenvalue weighted by atomic mass is 32.2. The second kappa shape index (κ2) is 2.76. The van der Waals surface area contributed by atoms with Crippen LogP contribution < -0.4 is 9.32 Å². The van der Waals surface area contributed by atoms with Gasteiger partial charge in [0, 0.05) is 0 Å². The summed E-state index contributed by atoms with van der Waals surface area (Å²) in [7, 11) is -4.04. The standard InChI is InChI=1S/C5H8N2O4S/c1-3-4(2)10-5(7-3)11-12(6,8)9/h1-2H3,(H2,6,8,9). The average molecular weight is 192 g/mol. The highest BCUT2D eigenvalue weighted by Gasteiger charge is 2.12. The zero-order chi connectivity index (χ0) is 9.35. The molecule has 1 aromatic heterocycles. The monoisotopic (exact) mass is 192 g/mol. The number of nitrogens with zero attached hydrogens (tertiary/aromatic N) is 1. The second-order valence-corrected chi connectivity index (χ2v) is 3.35. The topological polar surface area (TPSA) is 95.4 Å². The van der Waals surface area contributed by atoms with E-state index in [1.54, 1.807) is 13.8 Å². The van der Waals surface area contributed by atoms with Gasteiger partial charge in [-0.25, -0.2) is 0 Å². The summed E-state index contributed by atoms with van der Waals surface area (Å²) in [6.07, 6.45) is -0.354. The van der Waals surface area contributed by atoms with Gasteiger partial charge in [-0.1, -0.05) is 0 Å². The predicted molar refractivity (Wildman–Crippen MR) is 39.7 cm³/mol. The van der Waals surface area contributed by atoms with Crippen LogP contribution in [0, 0.1) is 13.8 Å². The molecule has 0 spiro atoms. The third kappa shape index (κ3) is 2.21. The van der Waals surface area contributed by atoms with Crippen molar-refractivity contribution in [2.75, 3.05) is 0 Å². The van der Waals surface area contributed by atoms with Gasteiger partial charge in [-0.05, 0) is 13.8 Å². The Morgan fingerprint density at radius 2 is 2.08 bits per heavy atom. The molecule has 1 heterocycles. The molecule has 12 heavy (non-hydrogen) atoms. The number of hydrogen-bond acceptors (Lipinski definition) is 5. The minimum atomic E-state index is -4.04. The molecule has 6 nitrogen and oxygen atoms in total. The molecule has 0 radical (unpaired) electrons. The van der Waals surface area contributed by atoms with Gasteiger partial charge in [0.25, 0.3) is 0 Å². The molecule has 0 saturated carbocycles. The number of hydrogen-bond donors (Lipinski definition) is 1. The molecule has 0 aliphatic carbocycles. The van der Waals surface area contributed by atoms with E-state index in [9.17, 15) is 8.42 Å². The van der Waals surface area contributed by atoms with Crippen LogP contribution >= 0.6 is 0 Å². The van der Waals surface area contributed by atoms with Crippen molar-refractivity contribution in [2.45, 2.75) is 13.8 Å². The molecule has 0 aliphatic heterocycles. The van der Waals surface area contributed by atoms with Crippen LogP contribution in [0.5, 0.6) is 6.08 Å². The van der Waals surface area contributed by atoms with Crippen LogP contribution in [0.15, 0.2) is 4.42 Å². The van der Waals surface area contributed by atoms with E-state index in [2.05, 4.69) is 14.3 Å². The van der Waals surface area contributed by atoms with Crippen LogP contribution in [0.4, 0.5) is 0 Å². The maximum atomic E-state index is 10.4. The third-order valence-corrected chi connectivity index (χ3v) is 1.57. The minimum absolute atomic E-state index is 0.354. The summed E-state index contributed by atoms with van der Waals surface area (Å²) < 4.78 is 29.7. The second-order valence-electron chi connectivity index (χ2n) is 2.20. The van der Waals surface area contributed by atoms with Gasteiger partial charge >= 0.3 is 16.4 Å². The fourth-order valence-electron chi connectivity index (χ4n) is 0.578. The van der Waals surface area contributed by atoms with Crippen LogP contribution in [0.3, 0.4) is 0 Å². The molecular formula is C5H8N2O4S. The first-order chi connectivity index (χ1) is 5.38. The van der Waals surface area contributed by atoms with E-state index in [1.807, 2.05) is 0 Å². The van der Waals surface area contributed by atoms with Crippen LogP contribution in [-0.4, -0.2) is 13.4 Å². The van der Waals surface area contributed by atoms with E-state index in [0.717, 1.165) is 0 Å². The Labute approximate surface area is 69.6 Å². The summed E-state index contributed by atoms with van der Waals surface area (Å²) in [6.45, 7) is 3.30. The van der Waals surface area contributed by atoms with E-state index >= 15 is 0 Å². The lowest BCUT2D eigenvalue weighted by atomic mass is 10.4. The summed E-state index contributed by atoms with van der Waals surface area (Å²) in [5.74, 6) is 0.494. The van der Waals surface area contributed by atoms with Crippen molar-refractivity contribution in [3.63, 3.8) is 0 Å². The summed E-state index contributed by atoms with van der Waals surface area (Å²) in [4.78, 5) is 3.65. The number of oxazole rings is 1. The molecular weight excluding hydrogens is 184 g/mol. The van der Waals surface area contributed by atoms with Crippen molar-refractivity contribution in [3.05, 3.63) is 11.5 Å². The van der Waals surface area contributed by atoms with Gasteiger partial charge in [-0.2, -0.15) is 18.5 Å². The zero-order valence-corrected chi connectivity index (χ0v) is 7.38. The molecule has 0 aromatic carbocycles. The van der Waals surface area contributed by atoms with Crippen LogP contribution in [0.2, 0.25) is 0 Å². The smallest absolute Gasteiger partial charge is 0.410 e. The lowest BCUT2D eigenvalue weighted by Gasteiger charge is -1.93. The molecule has 0 aliphatic rings. The van der Waals surface area contributed by atoms with Crippen molar-refractivity contribution in [3.8, 4) is 6.08 Å². The Kier molecular flexibility index (Phi) is 2.07. The lowest BCUT2D eigenvalue weighted by Crippen LogP contribution is -2.19. The molecule has 0 unspecified atom stereocenters. The number of nitrogens with two attached hydrogens (primary N) is 1. The fraction of sp³-hybridized carbons (Fsp3) is 0.400. The number of rotatable bonds is 2. The SMILES string of the molecule is Cc1nc(OS(N)(=O)=O)oc1C. The van der Waals surface area contributed by atoms with Crippen molar-refractivity contribution >= 4 is 10.3 Å². The van der Waals surface area contributed by atoms with Crippen molar-refractivity contribution in [1.82, 2.24) is 4.98 Å². The zero-order valence-electron chi connectivity index (χ0n) is 6.57. The van der Waals surface area contributed by atoms with Gasteiger partial charge in [-0.15, -0.1) is 0 Å². The van der Waals surface area contributed by atoms with Gasteiger partial charge in [-0.3, -0.25) is 0 Å². The fourth-order valence-corrected chi connectivity index (χ4v) is 0.848. The predicted octanol–water partition coefficient (Wildman–Crippen LogP) is -0.126. The summed E-state index contributed by atoms with van der Waals surface area (Å²) in [5.41, 5.74) is 0.564. The quantitative estimate of drug-likeness (QED) is 0.704. The Morgan fingerprint density at radius 3 is 2.42 bits per heavy atom. The first-order valence-electron chi connectivity index (χ1n) is 3.05. The van der Waals surface area contributed by atoms with E-state index in [0.29, 0.717) is 11.5 Å². The van der Waals surface area contributed by atoms with Crippen LogP contribution in [0.25, 0.3) is 0 Å². The van der Waals surface area contributed by atoms with Gasteiger partial charge in [0.05, 0.1) is 5.69 Å². The van der Waals surface area contributed by atoms with Crippen LogP contribution in [0.1, 0.15) is 11.5 Å².